The van der Waals surface area contributed by atoms with Crippen molar-refractivity contribution < 1.29 is 9.53 Å². The third-order valence-corrected chi connectivity index (χ3v) is 3.52. The van der Waals surface area contributed by atoms with E-state index in [9.17, 15) is 4.79 Å². The molecule has 0 saturated carbocycles. The molecule has 1 aromatic heterocycles. The highest BCUT2D eigenvalue weighted by atomic mass is 16.5. The SMILES string of the molecule is O=C(NC[C@@H]1CCCO1)[C@H](c1ccccc1)n1cnnn1. The Labute approximate surface area is 122 Å². The molecule has 2 aromatic rings. The molecule has 0 unspecified atom stereocenters. The first-order valence-electron chi connectivity index (χ1n) is 7.01. The Hall–Kier alpha value is -2.28. The summed E-state index contributed by atoms with van der Waals surface area (Å²) < 4.78 is 6.98. The van der Waals surface area contributed by atoms with Crippen LogP contribution in [0.1, 0.15) is 24.4 Å². The number of nitrogens with zero attached hydrogens (tertiary/aromatic N) is 4. The topological polar surface area (TPSA) is 81.9 Å². The predicted octanol–water partition coefficient (Wildman–Crippen LogP) is 0.558. The number of benzene rings is 1. The van der Waals surface area contributed by atoms with Crippen LogP contribution in [-0.4, -0.2) is 45.4 Å². The molecule has 1 aromatic carbocycles. The summed E-state index contributed by atoms with van der Waals surface area (Å²) >= 11 is 0. The number of carbonyl (C=O) groups excluding carboxylic acids is 1. The predicted molar refractivity (Wildman–Crippen MR) is 74.4 cm³/mol. The molecule has 0 aliphatic carbocycles. The molecule has 7 heteroatoms. The van der Waals surface area contributed by atoms with E-state index in [0.717, 1.165) is 25.0 Å². The van der Waals surface area contributed by atoms with Gasteiger partial charge in [-0.25, -0.2) is 4.68 Å². The molecule has 0 spiro atoms. The Kier molecular flexibility index (Phi) is 4.20. The summed E-state index contributed by atoms with van der Waals surface area (Å²) in [6.45, 7) is 1.29. The highest BCUT2D eigenvalue weighted by Gasteiger charge is 2.25. The van der Waals surface area contributed by atoms with E-state index in [1.54, 1.807) is 0 Å². The fraction of sp³-hybridized carbons (Fsp3) is 0.429. The van der Waals surface area contributed by atoms with Gasteiger partial charge >= 0.3 is 0 Å². The second-order valence-corrected chi connectivity index (χ2v) is 4.98. The summed E-state index contributed by atoms with van der Waals surface area (Å²) in [4.78, 5) is 12.5. The first-order chi connectivity index (χ1) is 10.3. The van der Waals surface area contributed by atoms with Crippen LogP contribution in [0.25, 0.3) is 0 Å². The smallest absolute Gasteiger partial charge is 0.249 e. The van der Waals surface area contributed by atoms with Crippen molar-refractivity contribution in [3.63, 3.8) is 0 Å². The van der Waals surface area contributed by atoms with Crippen molar-refractivity contribution in [2.45, 2.75) is 25.0 Å². The third kappa shape index (κ3) is 3.25. The van der Waals surface area contributed by atoms with E-state index in [-0.39, 0.29) is 12.0 Å². The number of ether oxygens (including phenoxy) is 1. The van der Waals surface area contributed by atoms with Crippen LogP contribution in [-0.2, 0) is 9.53 Å². The Morgan fingerprint density at radius 1 is 1.43 bits per heavy atom. The van der Waals surface area contributed by atoms with E-state index in [1.165, 1.54) is 11.0 Å². The van der Waals surface area contributed by atoms with Crippen molar-refractivity contribution in [3.8, 4) is 0 Å². The number of carbonyl (C=O) groups is 1. The van der Waals surface area contributed by atoms with Crippen molar-refractivity contribution in [1.82, 2.24) is 25.5 Å². The van der Waals surface area contributed by atoms with E-state index < -0.39 is 6.04 Å². The van der Waals surface area contributed by atoms with Gasteiger partial charge in [-0.3, -0.25) is 4.79 Å². The number of tetrazole rings is 1. The molecule has 7 nitrogen and oxygen atoms in total. The summed E-state index contributed by atoms with van der Waals surface area (Å²) in [5.74, 6) is -0.135. The lowest BCUT2D eigenvalue weighted by Gasteiger charge is -2.18. The molecule has 1 aliphatic heterocycles. The average molecular weight is 287 g/mol. The Bertz CT molecular complexity index is 566. The zero-order valence-corrected chi connectivity index (χ0v) is 11.6. The van der Waals surface area contributed by atoms with E-state index in [0.29, 0.717) is 6.54 Å². The fourth-order valence-electron chi connectivity index (χ4n) is 2.46. The van der Waals surface area contributed by atoms with Crippen LogP contribution in [0.5, 0.6) is 0 Å². The highest BCUT2D eigenvalue weighted by molar-refractivity contribution is 5.83. The zero-order chi connectivity index (χ0) is 14.5. The van der Waals surface area contributed by atoms with E-state index in [2.05, 4.69) is 20.8 Å². The number of rotatable bonds is 5. The van der Waals surface area contributed by atoms with Gasteiger partial charge < -0.3 is 10.1 Å². The van der Waals surface area contributed by atoms with Crippen LogP contribution in [0.3, 0.4) is 0 Å². The van der Waals surface area contributed by atoms with Gasteiger partial charge in [-0.1, -0.05) is 30.3 Å². The molecule has 110 valence electrons. The molecule has 3 rings (SSSR count). The third-order valence-electron chi connectivity index (χ3n) is 3.52. The molecule has 1 fully saturated rings. The largest absolute Gasteiger partial charge is 0.376 e. The zero-order valence-electron chi connectivity index (χ0n) is 11.6. The van der Waals surface area contributed by atoms with Gasteiger partial charge in [0.25, 0.3) is 0 Å². The number of hydrogen-bond acceptors (Lipinski definition) is 5. The minimum Gasteiger partial charge on any atom is -0.376 e. The second-order valence-electron chi connectivity index (χ2n) is 4.98. The maximum atomic E-state index is 12.5. The van der Waals surface area contributed by atoms with Gasteiger partial charge in [0, 0.05) is 13.2 Å². The molecular formula is C14H17N5O2. The minimum absolute atomic E-state index is 0.110. The van der Waals surface area contributed by atoms with Crippen LogP contribution in [0.15, 0.2) is 36.7 Å². The molecule has 1 saturated heterocycles. The van der Waals surface area contributed by atoms with E-state index >= 15 is 0 Å². The van der Waals surface area contributed by atoms with Crippen LogP contribution in [0.2, 0.25) is 0 Å². The first-order valence-corrected chi connectivity index (χ1v) is 7.01. The van der Waals surface area contributed by atoms with Gasteiger partial charge in [0.2, 0.25) is 5.91 Å². The molecule has 2 heterocycles. The van der Waals surface area contributed by atoms with Crippen molar-refractivity contribution in [3.05, 3.63) is 42.2 Å². The van der Waals surface area contributed by atoms with Crippen LogP contribution >= 0.6 is 0 Å². The fourth-order valence-corrected chi connectivity index (χ4v) is 2.46. The van der Waals surface area contributed by atoms with Gasteiger partial charge in [0.15, 0.2) is 6.04 Å². The molecule has 1 aliphatic rings. The van der Waals surface area contributed by atoms with Crippen molar-refractivity contribution in [2.75, 3.05) is 13.2 Å². The van der Waals surface area contributed by atoms with Crippen molar-refractivity contribution in [2.24, 2.45) is 0 Å². The Morgan fingerprint density at radius 3 is 2.95 bits per heavy atom. The molecule has 0 bridgehead atoms. The van der Waals surface area contributed by atoms with Crippen LogP contribution in [0, 0.1) is 0 Å². The van der Waals surface area contributed by atoms with Crippen LogP contribution in [0.4, 0.5) is 0 Å². The molecular weight excluding hydrogens is 270 g/mol. The molecule has 1 N–H and O–H groups in total. The quantitative estimate of drug-likeness (QED) is 0.869. The monoisotopic (exact) mass is 287 g/mol. The molecule has 1 amide bonds. The average Bonchev–Trinajstić information content (AvgIpc) is 3.20. The standard InChI is InChI=1S/C14H17N5O2/c20-14(15-9-12-7-4-8-21-12)13(19-10-16-17-18-19)11-5-2-1-3-6-11/h1-3,5-6,10,12-13H,4,7-9H2,(H,15,20)/t12-,13-/m0/s1. The summed E-state index contributed by atoms with van der Waals surface area (Å²) in [7, 11) is 0. The minimum atomic E-state index is -0.567. The number of amides is 1. The lowest BCUT2D eigenvalue weighted by Crippen LogP contribution is -2.38. The lowest BCUT2D eigenvalue weighted by molar-refractivity contribution is -0.124. The summed E-state index contributed by atoms with van der Waals surface area (Å²) in [6.07, 6.45) is 3.60. The Morgan fingerprint density at radius 2 is 2.29 bits per heavy atom. The van der Waals surface area contributed by atoms with Crippen molar-refractivity contribution in [1.29, 1.82) is 0 Å². The van der Waals surface area contributed by atoms with Gasteiger partial charge in [-0.15, -0.1) is 5.10 Å². The normalized spacial score (nSPS) is 19.3. The van der Waals surface area contributed by atoms with Gasteiger partial charge in [-0.05, 0) is 28.8 Å². The number of nitrogens with one attached hydrogen (secondary N) is 1. The maximum Gasteiger partial charge on any atom is 0.249 e. The van der Waals surface area contributed by atoms with E-state index in [4.69, 9.17) is 4.74 Å². The van der Waals surface area contributed by atoms with Gasteiger partial charge in [0.1, 0.15) is 6.33 Å². The Balaban J connectivity index is 1.74. The highest BCUT2D eigenvalue weighted by Crippen LogP contribution is 2.17. The molecule has 2 atom stereocenters. The molecule has 21 heavy (non-hydrogen) atoms. The lowest BCUT2D eigenvalue weighted by atomic mass is 10.1. The van der Waals surface area contributed by atoms with Crippen LogP contribution < -0.4 is 5.32 Å². The maximum absolute atomic E-state index is 12.5. The summed E-state index contributed by atoms with van der Waals surface area (Å²) in [6, 6.07) is 8.89. The molecule has 0 radical (unpaired) electrons. The van der Waals surface area contributed by atoms with Gasteiger partial charge in [0.05, 0.1) is 6.10 Å². The van der Waals surface area contributed by atoms with E-state index in [1.807, 2.05) is 30.3 Å². The van der Waals surface area contributed by atoms with Gasteiger partial charge in [-0.2, -0.15) is 0 Å². The summed E-state index contributed by atoms with van der Waals surface area (Å²) in [5, 5.41) is 14.0. The number of hydrogen-bond donors (Lipinski definition) is 1. The van der Waals surface area contributed by atoms with Crippen molar-refractivity contribution >= 4 is 5.91 Å². The summed E-state index contributed by atoms with van der Waals surface area (Å²) in [5.41, 5.74) is 0.842. The second kappa shape index (κ2) is 6.45. The number of aromatic nitrogens is 4. The first kappa shape index (κ1) is 13.7.